The third-order valence-electron chi connectivity index (χ3n) is 2.82. The van der Waals surface area contributed by atoms with Gasteiger partial charge in [0.05, 0.1) is 12.4 Å². The molecule has 0 atom stereocenters. The molecule has 0 saturated heterocycles. The lowest BCUT2D eigenvalue weighted by Crippen LogP contribution is -2.35. The van der Waals surface area contributed by atoms with Crippen molar-refractivity contribution in [1.82, 2.24) is 0 Å². The van der Waals surface area contributed by atoms with E-state index in [1.165, 1.54) is 0 Å². The molecule has 1 nitrogen and oxygen atoms in total. The topological polar surface area (TPSA) is 9.23 Å². The first-order valence-electron chi connectivity index (χ1n) is 6.13. The lowest BCUT2D eigenvalue weighted by atomic mass is 9.79. The maximum atomic E-state index is 13.0. The summed E-state index contributed by atoms with van der Waals surface area (Å²) in [7, 11) is 0. The Bertz CT molecular complexity index is 569. The van der Waals surface area contributed by atoms with E-state index >= 15 is 0 Å². The molecule has 0 fully saturated rings. The maximum absolute atomic E-state index is 13.0. The van der Waals surface area contributed by atoms with Crippen molar-refractivity contribution in [2.75, 3.05) is 6.61 Å². The lowest BCUT2D eigenvalue weighted by molar-refractivity contribution is 0.321. The molecule has 0 aliphatic rings. The Morgan fingerprint density at radius 3 is 2.30 bits per heavy atom. The second-order valence-corrected chi connectivity index (χ2v) is 4.34. The molecule has 0 saturated carbocycles. The first kappa shape index (κ1) is 14.4. The van der Waals surface area contributed by atoms with E-state index in [2.05, 4.69) is 0 Å². The van der Waals surface area contributed by atoms with Crippen molar-refractivity contribution in [2.24, 2.45) is 0 Å². The van der Waals surface area contributed by atoms with Crippen LogP contribution >= 0.6 is 0 Å². The van der Waals surface area contributed by atoms with Gasteiger partial charge in [0.1, 0.15) is 5.82 Å². The smallest absolute Gasteiger partial charge is 0.496 e. The van der Waals surface area contributed by atoms with Gasteiger partial charge in [-0.2, -0.15) is 0 Å². The average Bonchev–Trinajstić information content (AvgIpc) is 2.38. The van der Waals surface area contributed by atoms with Gasteiger partial charge >= 0.3 is 6.98 Å². The summed E-state index contributed by atoms with van der Waals surface area (Å²) in [4.78, 5) is 0. The predicted octanol–water partition coefficient (Wildman–Crippen LogP) is 3.50. The minimum Gasteiger partial charge on any atom is -0.496 e. The van der Waals surface area contributed by atoms with E-state index in [-0.39, 0.29) is 6.61 Å². The Morgan fingerprint density at radius 2 is 1.65 bits per heavy atom. The third kappa shape index (κ3) is 3.76. The van der Waals surface area contributed by atoms with Crippen molar-refractivity contribution in [2.45, 2.75) is 6.42 Å². The highest BCUT2D eigenvalue weighted by Crippen LogP contribution is 2.19. The van der Waals surface area contributed by atoms with E-state index in [1.54, 1.807) is 0 Å². The normalized spacial score (nSPS) is 11.4. The molecule has 0 aromatic heterocycles. The minimum atomic E-state index is -5.22. The second-order valence-electron chi connectivity index (χ2n) is 4.34. The highest BCUT2D eigenvalue weighted by atomic mass is 19.4. The van der Waals surface area contributed by atoms with Crippen LogP contribution in [0.3, 0.4) is 0 Å². The van der Waals surface area contributed by atoms with Crippen LogP contribution in [0.4, 0.5) is 17.3 Å². The minimum absolute atomic E-state index is 0.0621. The van der Waals surface area contributed by atoms with Crippen LogP contribution in [0.2, 0.25) is 0 Å². The number of hydrogen-bond acceptors (Lipinski definition) is 1. The molecule has 0 radical (unpaired) electrons. The van der Waals surface area contributed by atoms with Crippen molar-refractivity contribution in [3.05, 3.63) is 59.9 Å². The van der Waals surface area contributed by atoms with E-state index in [9.17, 15) is 17.3 Å². The largest absolute Gasteiger partial charge is 0.513 e. The van der Waals surface area contributed by atoms with Crippen LogP contribution < -0.4 is 10.2 Å². The first-order valence-corrected chi connectivity index (χ1v) is 6.13. The molecule has 0 aliphatic carbocycles. The van der Waals surface area contributed by atoms with Crippen molar-refractivity contribution in [3.63, 3.8) is 0 Å². The molecular weight excluding hydrogens is 271 g/mol. The summed E-state index contributed by atoms with van der Waals surface area (Å²) in [5.41, 5.74) is 0.0439. The average molecular weight is 283 g/mol. The van der Waals surface area contributed by atoms with Crippen molar-refractivity contribution in [3.8, 4) is 5.75 Å². The van der Waals surface area contributed by atoms with E-state index in [4.69, 9.17) is 4.74 Å². The number of benzene rings is 2. The molecule has 106 valence electrons. The van der Waals surface area contributed by atoms with Gasteiger partial charge in [0.15, 0.2) is 0 Å². The summed E-state index contributed by atoms with van der Waals surface area (Å²) in [5.74, 6) is -1.20. The van der Waals surface area contributed by atoms with Gasteiger partial charge < -0.3 is 17.7 Å². The zero-order chi connectivity index (χ0) is 14.6. The van der Waals surface area contributed by atoms with Gasteiger partial charge in [0, 0.05) is 12.5 Å². The fourth-order valence-electron chi connectivity index (χ4n) is 1.83. The van der Waals surface area contributed by atoms with Crippen LogP contribution in [0.25, 0.3) is 0 Å². The maximum Gasteiger partial charge on any atom is 0.513 e. The number of ether oxygens (including phenoxy) is 1. The van der Waals surface area contributed by atoms with Gasteiger partial charge in [-0.05, 0) is 11.6 Å². The number of hydrogen-bond donors (Lipinski definition) is 0. The molecule has 0 spiro atoms. The van der Waals surface area contributed by atoms with Gasteiger partial charge in [0.2, 0.25) is 0 Å². The highest BCUT2D eigenvalue weighted by Gasteiger charge is 2.29. The molecule has 0 heterocycles. The molecular formula is C14H12BF4O-. The summed E-state index contributed by atoms with van der Waals surface area (Å²) in [6.45, 7) is -5.16. The van der Waals surface area contributed by atoms with Crippen LogP contribution in [0.15, 0.2) is 48.5 Å². The molecule has 0 bridgehead atoms. The van der Waals surface area contributed by atoms with Crippen LogP contribution in [0.5, 0.6) is 5.75 Å². The molecule has 2 aromatic carbocycles. The van der Waals surface area contributed by atoms with Gasteiger partial charge in [-0.25, -0.2) is 4.39 Å². The van der Waals surface area contributed by atoms with Gasteiger partial charge in [-0.1, -0.05) is 41.9 Å². The zero-order valence-electron chi connectivity index (χ0n) is 10.5. The summed E-state index contributed by atoms with van der Waals surface area (Å²) >= 11 is 0. The standard InChI is InChI=1S/C14H12BF4O/c16-12-6-7-13(15(17,18)19)14(10-12)20-9-8-11-4-2-1-3-5-11/h1-7,10H,8-9H2/q-1. The highest BCUT2D eigenvalue weighted by molar-refractivity contribution is 6.74. The summed E-state index contributed by atoms with van der Waals surface area (Å²) in [5, 5.41) is 0. The number of rotatable bonds is 5. The van der Waals surface area contributed by atoms with E-state index in [0.717, 1.165) is 17.7 Å². The van der Waals surface area contributed by atoms with Crippen LogP contribution in [-0.4, -0.2) is 13.6 Å². The molecule has 0 unspecified atom stereocenters. The SMILES string of the molecule is Fc1ccc([B-](F)(F)F)c(OCCc2ccccc2)c1. The summed E-state index contributed by atoms with van der Waals surface area (Å²) in [6.07, 6.45) is 0.460. The van der Waals surface area contributed by atoms with Gasteiger partial charge in [0.25, 0.3) is 0 Å². The van der Waals surface area contributed by atoms with Gasteiger partial charge in [-0.3, -0.25) is 0 Å². The Morgan fingerprint density at radius 1 is 0.950 bits per heavy atom. The summed E-state index contributed by atoms with van der Waals surface area (Å²) in [6, 6.07) is 11.5. The first-order chi connectivity index (χ1) is 9.47. The zero-order valence-corrected chi connectivity index (χ0v) is 10.5. The fourth-order valence-corrected chi connectivity index (χ4v) is 1.83. The molecule has 6 heteroatoms. The Hall–Kier alpha value is -1.98. The molecule has 2 aromatic rings. The van der Waals surface area contributed by atoms with Crippen molar-refractivity contribution in [1.29, 1.82) is 0 Å². The van der Waals surface area contributed by atoms with Crippen molar-refractivity contribution < 1.29 is 22.1 Å². The van der Waals surface area contributed by atoms with Crippen molar-refractivity contribution >= 4 is 12.4 Å². The molecule has 0 amide bonds. The Kier molecular flexibility index (Phi) is 4.32. The quantitative estimate of drug-likeness (QED) is 0.602. The van der Waals surface area contributed by atoms with E-state index in [0.29, 0.717) is 12.5 Å². The second kappa shape index (κ2) is 5.99. The number of halogens is 4. The molecule has 20 heavy (non-hydrogen) atoms. The molecule has 0 N–H and O–H groups in total. The Balaban J connectivity index is 2.07. The van der Waals surface area contributed by atoms with Crippen LogP contribution in [0, 0.1) is 5.82 Å². The summed E-state index contributed by atoms with van der Waals surface area (Å²) < 4.78 is 56.5. The molecule has 2 rings (SSSR count). The monoisotopic (exact) mass is 283 g/mol. The fraction of sp³-hybridized carbons (Fsp3) is 0.143. The van der Waals surface area contributed by atoms with Crippen LogP contribution in [-0.2, 0) is 6.42 Å². The van der Waals surface area contributed by atoms with E-state index < -0.39 is 24.0 Å². The lowest BCUT2D eigenvalue weighted by Gasteiger charge is -2.19. The molecule has 0 aliphatic heterocycles. The van der Waals surface area contributed by atoms with Crippen LogP contribution in [0.1, 0.15) is 5.56 Å². The Labute approximate surface area is 114 Å². The van der Waals surface area contributed by atoms with E-state index in [1.807, 2.05) is 30.3 Å². The third-order valence-corrected chi connectivity index (χ3v) is 2.82. The van der Waals surface area contributed by atoms with Gasteiger partial charge in [-0.15, -0.1) is 0 Å². The predicted molar refractivity (Wildman–Crippen MR) is 70.8 cm³/mol.